The number of anilines is 2. The fourth-order valence-electron chi connectivity index (χ4n) is 2.25. The Hall–Kier alpha value is -2.40. The second-order valence-electron chi connectivity index (χ2n) is 5.50. The van der Waals surface area contributed by atoms with E-state index >= 15 is 0 Å². The smallest absolute Gasteiger partial charge is 0.240 e. The van der Waals surface area contributed by atoms with Crippen LogP contribution in [0.5, 0.6) is 0 Å². The van der Waals surface area contributed by atoms with E-state index in [-0.39, 0.29) is 17.6 Å². The highest BCUT2D eigenvalue weighted by molar-refractivity contribution is 6.30. The molecule has 118 valence electrons. The summed E-state index contributed by atoms with van der Waals surface area (Å²) in [7, 11) is 0. The molecule has 1 aliphatic carbocycles. The first kappa shape index (κ1) is 15.5. The van der Waals surface area contributed by atoms with Gasteiger partial charge in [0, 0.05) is 16.4 Å². The van der Waals surface area contributed by atoms with E-state index in [9.17, 15) is 14.0 Å². The second-order valence-corrected chi connectivity index (χ2v) is 5.94. The van der Waals surface area contributed by atoms with Crippen molar-refractivity contribution in [3.63, 3.8) is 0 Å². The Labute approximate surface area is 137 Å². The molecule has 3 rings (SSSR count). The first-order valence-electron chi connectivity index (χ1n) is 7.14. The summed E-state index contributed by atoms with van der Waals surface area (Å²) >= 11 is 5.80. The molecule has 1 aliphatic rings. The monoisotopic (exact) mass is 332 g/mol. The molecule has 0 saturated heterocycles. The summed E-state index contributed by atoms with van der Waals surface area (Å²) in [5.74, 6) is -1.11. The predicted octanol–water partition coefficient (Wildman–Crippen LogP) is 3.84. The van der Waals surface area contributed by atoms with Crippen molar-refractivity contribution >= 4 is 34.8 Å². The van der Waals surface area contributed by atoms with Gasteiger partial charge < -0.3 is 10.6 Å². The minimum atomic E-state index is -1.06. The van der Waals surface area contributed by atoms with Crippen molar-refractivity contribution < 1.29 is 14.0 Å². The Bertz CT molecular complexity index is 679. The molecule has 0 spiro atoms. The Morgan fingerprint density at radius 2 is 1.30 bits per heavy atom. The second kappa shape index (κ2) is 6.01. The van der Waals surface area contributed by atoms with E-state index in [2.05, 4.69) is 10.6 Å². The molecule has 2 N–H and O–H groups in total. The molecule has 6 heteroatoms. The van der Waals surface area contributed by atoms with Crippen LogP contribution in [-0.2, 0) is 9.59 Å². The molecule has 0 radical (unpaired) electrons. The van der Waals surface area contributed by atoms with Gasteiger partial charge in [0.2, 0.25) is 11.8 Å². The normalized spacial score (nSPS) is 14.9. The molecule has 0 bridgehead atoms. The van der Waals surface area contributed by atoms with E-state index in [1.807, 2.05) is 0 Å². The van der Waals surface area contributed by atoms with Crippen molar-refractivity contribution in [2.75, 3.05) is 10.6 Å². The van der Waals surface area contributed by atoms with Gasteiger partial charge in [0.25, 0.3) is 0 Å². The topological polar surface area (TPSA) is 58.2 Å². The highest BCUT2D eigenvalue weighted by Gasteiger charge is 2.56. The van der Waals surface area contributed by atoms with Crippen molar-refractivity contribution in [3.8, 4) is 0 Å². The fourth-order valence-corrected chi connectivity index (χ4v) is 2.38. The Morgan fingerprint density at radius 3 is 1.74 bits per heavy atom. The summed E-state index contributed by atoms with van der Waals surface area (Å²) in [4.78, 5) is 24.8. The largest absolute Gasteiger partial charge is 0.325 e. The van der Waals surface area contributed by atoms with Crippen LogP contribution >= 0.6 is 11.6 Å². The molecule has 1 saturated carbocycles. The van der Waals surface area contributed by atoms with Gasteiger partial charge in [0.1, 0.15) is 11.2 Å². The number of carbonyl (C=O) groups is 2. The van der Waals surface area contributed by atoms with E-state index < -0.39 is 5.41 Å². The minimum absolute atomic E-state index is 0.348. The van der Waals surface area contributed by atoms with Crippen LogP contribution in [0.15, 0.2) is 48.5 Å². The zero-order valence-electron chi connectivity index (χ0n) is 12.1. The van der Waals surface area contributed by atoms with Crippen molar-refractivity contribution in [1.82, 2.24) is 0 Å². The fraction of sp³-hybridized carbons (Fsp3) is 0.176. The lowest BCUT2D eigenvalue weighted by Crippen LogP contribution is -2.35. The van der Waals surface area contributed by atoms with Crippen LogP contribution in [-0.4, -0.2) is 11.8 Å². The van der Waals surface area contributed by atoms with Crippen LogP contribution in [0.2, 0.25) is 5.02 Å². The number of carbonyl (C=O) groups excluding carboxylic acids is 2. The van der Waals surface area contributed by atoms with Crippen LogP contribution in [0.25, 0.3) is 0 Å². The van der Waals surface area contributed by atoms with Crippen LogP contribution in [0.3, 0.4) is 0 Å². The van der Waals surface area contributed by atoms with E-state index in [0.717, 1.165) is 0 Å². The van der Waals surface area contributed by atoms with Gasteiger partial charge in [-0.1, -0.05) is 11.6 Å². The maximum absolute atomic E-state index is 12.9. The maximum Gasteiger partial charge on any atom is 0.240 e. The summed E-state index contributed by atoms with van der Waals surface area (Å²) in [6.45, 7) is 0. The number of rotatable bonds is 4. The lowest BCUT2D eigenvalue weighted by molar-refractivity contribution is -0.131. The minimum Gasteiger partial charge on any atom is -0.325 e. The predicted molar refractivity (Wildman–Crippen MR) is 86.8 cm³/mol. The average Bonchev–Trinajstić information content (AvgIpc) is 3.34. The summed E-state index contributed by atoms with van der Waals surface area (Å²) in [6, 6.07) is 12.1. The molecule has 2 aromatic carbocycles. The average molecular weight is 333 g/mol. The molecule has 0 unspecified atom stereocenters. The number of hydrogen-bond acceptors (Lipinski definition) is 2. The summed E-state index contributed by atoms with van der Waals surface area (Å²) in [6.07, 6.45) is 0.971. The van der Waals surface area contributed by atoms with E-state index in [0.29, 0.717) is 29.2 Å². The zero-order chi connectivity index (χ0) is 16.4. The molecule has 4 nitrogen and oxygen atoms in total. The molecule has 1 fully saturated rings. The first-order valence-corrected chi connectivity index (χ1v) is 7.51. The van der Waals surface area contributed by atoms with Crippen molar-refractivity contribution in [2.45, 2.75) is 12.8 Å². The number of halogens is 2. The first-order chi connectivity index (χ1) is 11.0. The summed E-state index contributed by atoms with van der Waals surface area (Å²) in [5, 5.41) is 5.96. The Morgan fingerprint density at radius 1 is 0.870 bits per heavy atom. The number of hydrogen-bond donors (Lipinski definition) is 2. The van der Waals surface area contributed by atoms with Gasteiger partial charge >= 0.3 is 0 Å². The van der Waals surface area contributed by atoms with Crippen LogP contribution in [0.4, 0.5) is 15.8 Å². The van der Waals surface area contributed by atoms with Gasteiger partial charge in [-0.15, -0.1) is 0 Å². The molecule has 0 atom stereocenters. The Kier molecular flexibility index (Phi) is 4.05. The van der Waals surface area contributed by atoms with Gasteiger partial charge in [-0.2, -0.15) is 0 Å². The molecule has 0 aliphatic heterocycles. The van der Waals surface area contributed by atoms with Crippen molar-refractivity contribution in [1.29, 1.82) is 0 Å². The molecule has 0 heterocycles. The lowest BCUT2D eigenvalue weighted by Gasteiger charge is -2.15. The van der Waals surface area contributed by atoms with Gasteiger partial charge in [0.05, 0.1) is 0 Å². The lowest BCUT2D eigenvalue weighted by atomic mass is 10.0. The van der Waals surface area contributed by atoms with E-state index in [1.165, 1.54) is 24.3 Å². The summed E-state index contributed by atoms with van der Waals surface area (Å²) in [5.41, 5.74) is -0.0178. The molecule has 2 aromatic rings. The molecule has 2 amide bonds. The third kappa shape index (κ3) is 3.35. The van der Waals surface area contributed by atoms with Gasteiger partial charge in [-0.3, -0.25) is 9.59 Å². The van der Waals surface area contributed by atoms with E-state index in [1.54, 1.807) is 24.3 Å². The number of benzene rings is 2. The van der Waals surface area contributed by atoms with Crippen LogP contribution < -0.4 is 10.6 Å². The standard InChI is InChI=1S/C17H14ClFN2O2/c18-11-1-5-13(6-2-11)20-15(22)17(9-10-17)16(23)21-14-7-3-12(19)4-8-14/h1-8H,9-10H2,(H,20,22)(H,21,23). The molecule has 23 heavy (non-hydrogen) atoms. The summed E-state index contributed by atoms with van der Waals surface area (Å²) < 4.78 is 12.9. The molecule has 0 aromatic heterocycles. The number of amides is 2. The van der Waals surface area contributed by atoms with Gasteiger partial charge in [-0.25, -0.2) is 4.39 Å². The highest BCUT2D eigenvalue weighted by atomic mass is 35.5. The van der Waals surface area contributed by atoms with Crippen LogP contribution in [0.1, 0.15) is 12.8 Å². The quantitative estimate of drug-likeness (QED) is 0.836. The SMILES string of the molecule is O=C(Nc1ccc(F)cc1)C1(C(=O)Nc2ccc(Cl)cc2)CC1. The van der Waals surface area contributed by atoms with Crippen LogP contribution in [0, 0.1) is 11.2 Å². The van der Waals surface area contributed by atoms with Gasteiger partial charge in [-0.05, 0) is 61.4 Å². The van der Waals surface area contributed by atoms with Gasteiger partial charge in [0.15, 0.2) is 0 Å². The van der Waals surface area contributed by atoms with E-state index in [4.69, 9.17) is 11.6 Å². The molecular weight excluding hydrogens is 319 g/mol. The zero-order valence-corrected chi connectivity index (χ0v) is 12.9. The van der Waals surface area contributed by atoms with Crippen molar-refractivity contribution in [3.05, 3.63) is 59.4 Å². The highest BCUT2D eigenvalue weighted by Crippen LogP contribution is 2.47. The molecular formula is C17H14ClFN2O2. The Balaban J connectivity index is 1.68. The third-order valence-electron chi connectivity index (χ3n) is 3.82. The number of nitrogens with one attached hydrogen (secondary N) is 2. The van der Waals surface area contributed by atoms with Crippen molar-refractivity contribution in [2.24, 2.45) is 5.41 Å². The third-order valence-corrected chi connectivity index (χ3v) is 4.08. The maximum atomic E-state index is 12.9.